The van der Waals surface area contributed by atoms with Crippen LogP contribution in [0.15, 0.2) is 36.4 Å². The van der Waals surface area contributed by atoms with Crippen LogP contribution >= 0.6 is 11.3 Å². The first-order chi connectivity index (χ1) is 10.9. The molecule has 2 rings (SSSR count). The van der Waals surface area contributed by atoms with Crippen molar-refractivity contribution in [1.82, 2.24) is 4.90 Å². The van der Waals surface area contributed by atoms with Gasteiger partial charge in [0.25, 0.3) is 5.91 Å². The van der Waals surface area contributed by atoms with E-state index in [0.29, 0.717) is 15.3 Å². The second-order valence-electron chi connectivity index (χ2n) is 5.25. The van der Waals surface area contributed by atoms with E-state index in [0.717, 1.165) is 0 Å². The molecule has 4 nitrogen and oxygen atoms in total. The number of carbonyl (C=O) groups excluding carboxylic acids is 2. The summed E-state index contributed by atoms with van der Waals surface area (Å²) in [5.41, 5.74) is 0.474. The third kappa shape index (κ3) is 3.96. The maximum atomic E-state index is 13.8. The van der Waals surface area contributed by atoms with Crippen molar-refractivity contribution >= 4 is 23.2 Å². The minimum atomic E-state index is -0.403. The van der Waals surface area contributed by atoms with Crippen molar-refractivity contribution in [2.24, 2.45) is 5.92 Å². The fraction of sp³-hybridized carbons (Fsp3) is 0.294. The maximum Gasteiger partial charge on any atom is 0.310 e. The molecule has 23 heavy (non-hydrogen) atoms. The number of benzene rings is 1. The number of hydrogen-bond acceptors (Lipinski definition) is 4. The van der Waals surface area contributed by atoms with Gasteiger partial charge in [0.05, 0.1) is 17.9 Å². The number of esters is 1. The summed E-state index contributed by atoms with van der Waals surface area (Å²) in [6.07, 6.45) is 0. The Morgan fingerprint density at radius 2 is 1.96 bits per heavy atom. The largest absolute Gasteiger partial charge is 0.469 e. The van der Waals surface area contributed by atoms with E-state index in [9.17, 15) is 14.0 Å². The van der Waals surface area contributed by atoms with Crippen molar-refractivity contribution < 1.29 is 18.7 Å². The lowest BCUT2D eigenvalue weighted by Gasteiger charge is -2.19. The normalized spacial score (nSPS) is 11.8. The van der Waals surface area contributed by atoms with Gasteiger partial charge in [-0.3, -0.25) is 9.59 Å². The van der Waals surface area contributed by atoms with E-state index in [-0.39, 0.29) is 24.2 Å². The van der Waals surface area contributed by atoms with E-state index in [1.165, 1.54) is 29.4 Å². The number of halogens is 1. The highest BCUT2D eigenvalue weighted by Gasteiger charge is 2.21. The van der Waals surface area contributed by atoms with Crippen molar-refractivity contribution in [2.45, 2.75) is 6.92 Å². The van der Waals surface area contributed by atoms with E-state index in [1.54, 1.807) is 44.3 Å². The van der Waals surface area contributed by atoms with Gasteiger partial charge in [-0.05, 0) is 18.2 Å². The van der Waals surface area contributed by atoms with Gasteiger partial charge in [-0.15, -0.1) is 11.3 Å². The van der Waals surface area contributed by atoms with Gasteiger partial charge in [0.1, 0.15) is 5.82 Å². The highest BCUT2D eigenvalue weighted by Crippen LogP contribution is 2.30. The zero-order valence-electron chi connectivity index (χ0n) is 13.2. The van der Waals surface area contributed by atoms with Crippen LogP contribution in [0.3, 0.4) is 0 Å². The van der Waals surface area contributed by atoms with Gasteiger partial charge in [-0.25, -0.2) is 4.39 Å². The lowest BCUT2D eigenvalue weighted by molar-refractivity contribution is -0.145. The van der Waals surface area contributed by atoms with Crippen molar-refractivity contribution in [3.63, 3.8) is 0 Å². The number of ether oxygens (including phenoxy) is 1. The Labute approximate surface area is 138 Å². The van der Waals surface area contributed by atoms with E-state index in [4.69, 9.17) is 0 Å². The smallest absolute Gasteiger partial charge is 0.310 e. The average Bonchev–Trinajstić information content (AvgIpc) is 3.03. The molecule has 0 aliphatic heterocycles. The molecule has 0 aliphatic rings. The molecule has 122 valence electrons. The zero-order valence-corrected chi connectivity index (χ0v) is 14.0. The molecule has 0 fully saturated rings. The van der Waals surface area contributed by atoms with Crippen molar-refractivity contribution in [3.8, 4) is 10.4 Å². The fourth-order valence-electron chi connectivity index (χ4n) is 2.22. The van der Waals surface area contributed by atoms with Crippen LogP contribution in [-0.4, -0.2) is 37.5 Å². The average molecular weight is 335 g/mol. The minimum absolute atomic E-state index is 0.201. The summed E-state index contributed by atoms with van der Waals surface area (Å²) in [6.45, 7) is 1.97. The molecule has 1 aromatic heterocycles. The molecular formula is C17H18FNO3S. The Morgan fingerprint density at radius 3 is 2.61 bits per heavy atom. The van der Waals surface area contributed by atoms with Crippen LogP contribution in [0.1, 0.15) is 16.6 Å². The topological polar surface area (TPSA) is 46.6 Å². The van der Waals surface area contributed by atoms with Crippen molar-refractivity contribution in [3.05, 3.63) is 47.1 Å². The molecule has 2 aromatic rings. The molecule has 0 spiro atoms. The van der Waals surface area contributed by atoms with Crippen molar-refractivity contribution in [1.29, 1.82) is 0 Å². The number of methoxy groups -OCH3 is 1. The van der Waals surface area contributed by atoms with Gasteiger partial charge in [0.15, 0.2) is 0 Å². The Bertz CT molecular complexity index is 713. The van der Waals surface area contributed by atoms with Gasteiger partial charge in [-0.2, -0.15) is 0 Å². The molecule has 1 aromatic carbocycles. The molecule has 0 aliphatic carbocycles. The summed E-state index contributed by atoms with van der Waals surface area (Å²) in [4.78, 5) is 26.5. The van der Waals surface area contributed by atoms with Crippen molar-refractivity contribution in [2.75, 3.05) is 20.7 Å². The molecule has 0 N–H and O–H groups in total. The highest BCUT2D eigenvalue weighted by atomic mass is 32.1. The van der Waals surface area contributed by atoms with Gasteiger partial charge in [0.2, 0.25) is 0 Å². The molecule has 0 saturated heterocycles. The number of hydrogen-bond donors (Lipinski definition) is 0. The molecular weight excluding hydrogens is 317 g/mol. The fourth-order valence-corrected chi connectivity index (χ4v) is 3.24. The maximum absolute atomic E-state index is 13.8. The molecule has 1 unspecified atom stereocenters. The van der Waals surface area contributed by atoms with Crippen LogP contribution < -0.4 is 0 Å². The zero-order chi connectivity index (χ0) is 17.0. The lowest BCUT2D eigenvalue weighted by Crippen LogP contribution is -2.33. The van der Waals surface area contributed by atoms with E-state index >= 15 is 0 Å². The monoisotopic (exact) mass is 335 g/mol. The standard InChI is InChI=1S/C17H18FNO3S/c1-11(17(21)22-3)10-19(2)16(20)15-9-8-14(23-15)12-6-4-5-7-13(12)18/h4-9,11H,10H2,1-3H3. The highest BCUT2D eigenvalue weighted by molar-refractivity contribution is 7.17. The molecule has 1 atom stereocenters. The first-order valence-corrected chi connectivity index (χ1v) is 7.93. The molecule has 6 heteroatoms. The molecule has 1 amide bonds. The Kier molecular flexibility index (Phi) is 5.50. The summed E-state index contributed by atoms with van der Waals surface area (Å²) in [7, 11) is 2.95. The second-order valence-corrected chi connectivity index (χ2v) is 6.34. The van der Waals surface area contributed by atoms with Crippen LogP contribution in [0, 0.1) is 11.7 Å². The third-order valence-electron chi connectivity index (χ3n) is 3.45. The summed E-state index contributed by atoms with van der Waals surface area (Å²) >= 11 is 1.23. The predicted molar refractivity (Wildman–Crippen MR) is 87.9 cm³/mol. The Balaban J connectivity index is 2.12. The van der Waals surface area contributed by atoms with Crippen LogP contribution in [0.4, 0.5) is 4.39 Å². The predicted octanol–water partition coefficient (Wildman–Crippen LogP) is 3.44. The molecule has 1 heterocycles. The quantitative estimate of drug-likeness (QED) is 0.787. The summed E-state index contributed by atoms with van der Waals surface area (Å²) < 4.78 is 18.5. The SMILES string of the molecule is COC(=O)C(C)CN(C)C(=O)c1ccc(-c2ccccc2F)s1. The van der Waals surface area contributed by atoms with Crippen LogP contribution in [-0.2, 0) is 9.53 Å². The van der Waals surface area contributed by atoms with Gasteiger partial charge in [0, 0.05) is 24.0 Å². The lowest BCUT2D eigenvalue weighted by atomic mass is 10.1. The second kappa shape index (κ2) is 7.37. The van der Waals surface area contributed by atoms with E-state index in [1.807, 2.05) is 0 Å². The molecule has 0 bridgehead atoms. The Morgan fingerprint density at radius 1 is 1.26 bits per heavy atom. The summed E-state index contributed by atoms with van der Waals surface area (Å²) in [5.74, 6) is -1.28. The molecule has 0 radical (unpaired) electrons. The number of rotatable bonds is 5. The number of amides is 1. The first kappa shape index (κ1) is 17.1. The number of carbonyl (C=O) groups is 2. The number of nitrogens with zero attached hydrogens (tertiary/aromatic N) is 1. The summed E-state index contributed by atoms with van der Waals surface area (Å²) in [6, 6.07) is 9.85. The first-order valence-electron chi connectivity index (χ1n) is 7.12. The van der Waals surface area contributed by atoms with E-state index < -0.39 is 5.92 Å². The van der Waals surface area contributed by atoms with Crippen LogP contribution in [0.5, 0.6) is 0 Å². The van der Waals surface area contributed by atoms with Gasteiger partial charge < -0.3 is 9.64 Å². The van der Waals surface area contributed by atoms with Crippen LogP contribution in [0.2, 0.25) is 0 Å². The van der Waals surface area contributed by atoms with Gasteiger partial charge in [-0.1, -0.05) is 25.1 Å². The number of thiophene rings is 1. The molecule has 0 saturated carbocycles. The van der Waals surface area contributed by atoms with Gasteiger partial charge >= 0.3 is 5.97 Å². The van der Waals surface area contributed by atoms with E-state index in [2.05, 4.69) is 4.74 Å². The minimum Gasteiger partial charge on any atom is -0.469 e. The Hall–Kier alpha value is -2.21. The summed E-state index contributed by atoms with van der Waals surface area (Å²) in [5, 5.41) is 0. The third-order valence-corrected chi connectivity index (χ3v) is 4.56. The van der Waals surface area contributed by atoms with Crippen LogP contribution in [0.25, 0.3) is 10.4 Å².